The third-order valence-corrected chi connectivity index (χ3v) is 6.52. The summed E-state index contributed by atoms with van der Waals surface area (Å²) in [7, 11) is -2.62. The minimum atomic E-state index is -2.62. The molecule has 0 atom stereocenters. The molecule has 5 heteroatoms. The minimum absolute atomic E-state index is 0.135. The first-order chi connectivity index (χ1) is 7.49. The third kappa shape index (κ3) is 3.82. The van der Waals surface area contributed by atoms with Crippen molar-refractivity contribution in [3.8, 4) is 0 Å². The first kappa shape index (κ1) is 16.1. The molecule has 0 heterocycles. The van der Waals surface area contributed by atoms with E-state index in [0.29, 0.717) is 26.4 Å². The molecule has 0 aliphatic rings. The zero-order valence-electron chi connectivity index (χ0n) is 11.3. The van der Waals surface area contributed by atoms with Crippen LogP contribution in [-0.4, -0.2) is 35.2 Å². The number of hydrogen-bond acceptors (Lipinski definition) is 4. The molecule has 0 rings (SSSR count). The van der Waals surface area contributed by atoms with Gasteiger partial charge < -0.3 is 19.0 Å². The number of nitrogens with two attached hydrogens (primary N) is 1. The van der Waals surface area contributed by atoms with E-state index in [1.165, 1.54) is 0 Å². The first-order valence-corrected chi connectivity index (χ1v) is 7.84. The van der Waals surface area contributed by atoms with Crippen LogP contribution in [0.25, 0.3) is 0 Å². The standard InChI is InChI=1S/C11H27NO3Si/c1-6-13-16(14-7-2,15-8-3)11(4,5)9-10-12/h6-10,12H2,1-5H3. The van der Waals surface area contributed by atoms with Crippen molar-refractivity contribution < 1.29 is 13.3 Å². The van der Waals surface area contributed by atoms with Crippen molar-refractivity contribution in [2.24, 2.45) is 5.73 Å². The van der Waals surface area contributed by atoms with Crippen molar-refractivity contribution >= 4 is 8.80 Å². The third-order valence-electron chi connectivity index (χ3n) is 2.60. The lowest BCUT2D eigenvalue weighted by molar-refractivity contribution is 0.0469. The smallest absolute Gasteiger partial charge is 0.373 e. The normalized spacial score (nSPS) is 13.1. The molecule has 0 unspecified atom stereocenters. The summed E-state index contributed by atoms with van der Waals surface area (Å²) in [6, 6.07) is 0. The van der Waals surface area contributed by atoms with Gasteiger partial charge in [-0.1, -0.05) is 13.8 Å². The van der Waals surface area contributed by atoms with Gasteiger partial charge in [0.2, 0.25) is 0 Å². The molecule has 16 heavy (non-hydrogen) atoms. The van der Waals surface area contributed by atoms with Crippen LogP contribution in [0.5, 0.6) is 0 Å². The van der Waals surface area contributed by atoms with E-state index < -0.39 is 8.80 Å². The van der Waals surface area contributed by atoms with Crippen LogP contribution in [0.3, 0.4) is 0 Å². The second-order valence-electron chi connectivity index (χ2n) is 4.28. The van der Waals surface area contributed by atoms with Crippen LogP contribution in [0.2, 0.25) is 5.04 Å². The predicted octanol–water partition coefficient (Wildman–Crippen LogP) is 2.16. The van der Waals surface area contributed by atoms with Crippen molar-refractivity contribution in [2.75, 3.05) is 26.4 Å². The zero-order valence-corrected chi connectivity index (χ0v) is 12.3. The van der Waals surface area contributed by atoms with Gasteiger partial charge in [-0.25, -0.2) is 0 Å². The van der Waals surface area contributed by atoms with Gasteiger partial charge in [0.1, 0.15) is 0 Å². The van der Waals surface area contributed by atoms with E-state index in [9.17, 15) is 0 Å². The molecule has 0 saturated heterocycles. The Kier molecular flexibility index (Phi) is 7.42. The Balaban J connectivity index is 4.96. The van der Waals surface area contributed by atoms with Gasteiger partial charge in [-0.3, -0.25) is 0 Å². The maximum atomic E-state index is 5.87. The van der Waals surface area contributed by atoms with E-state index in [4.69, 9.17) is 19.0 Å². The first-order valence-electron chi connectivity index (χ1n) is 6.11. The van der Waals surface area contributed by atoms with Crippen molar-refractivity contribution in [2.45, 2.75) is 46.1 Å². The summed E-state index contributed by atoms with van der Waals surface area (Å²) in [6.07, 6.45) is 0.846. The summed E-state index contributed by atoms with van der Waals surface area (Å²) < 4.78 is 17.6. The van der Waals surface area contributed by atoms with Crippen molar-refractivity contribution in [3.63, 3.8) is 0 Å². The van der Waals surface area contributed by atoms with Crippen LogP contribution < -0.4 is 5.73 Å². The summed E-state index contributed by atoms with van der Waals surface area (Å²) in [5, 5.41) is -0.135. The van der Waals surface area contributed by atoms with Crippen molar-refractivity contribution in [3.05, 3.63) is 0 Å². The molecule has 2 N–H and O–H groups in total. The van der Waals surface area contributed by atoms with Gasteiger partial charge in [0.05, 0.1) is 0 Å². The van der Waals surface area contributed by atoms with Gasteiger partial charge in [-0.2, -0.15) is 0 Å². The summed E-state index contributed by atoms with van der Waals surface area (Å²) in [6.45, 7) is 12.6. The number of hydrogen-bond donors (Lipinski definition) is 1. The molecule has 0 radical (unpaired) electrons. The molecule has 0 bridgehead atoms. The summed E-state index contributed by atoms with van der Waals surface area (Å²) in [4.78, 5) is 0. The van der Waals surface area contributed by atoms with Gasteiger partial charge in [0.15, 0.2) is 0 Å². The Morgan fingerprint density at radius 2 is 1.31 bits per heavy atom. The largest absolute Gasteiger partial charge is 0.506 e. The van der Waals surface area contributed by atoms with Gasteiger partial charge in [0.25, 0.3) is 0 Å². The fraction of sp³-hybridized carbons (Fsp3) is 1.00. The summed E-state index contributed by atoms with van der Waals surface area (Å²) in [5.41, 5.74) is 5.66. The molecular formula is C11H27NO3Si. The van der Waals surface area contributed by atoms with Crippen molar-refractivity contribution in [1.29, 1.82) is 0 Å². The molecular weight excluding hydrogens is 222 g/mol. The van der Waals surface area contributed by atoms with E-state index in [-0.39, 0.29) is 5.04 Å². The molecule has 0 saturated carbocycles. The van der Waals surface area contributed by atoms with Crippen molar-refractivity contribution in [1.82, 2.24) is 0 Å². The van der Waals surface area contributed by atoms with E-state index in [1.807, 2.05) is 20.8 Å². The summed E-state index contributed by atoms with van der Waals surface area (Å²) >= 11 is 0. The topological polar surface area (TPSA) is 53.7 Å². The highest BCUT2D eigenvalue weighted by Gasteiger charge is 2.54. The lowest BCUT2D eigenvalue weighted by Gasteiger charge is -2.40. The summed E-state index contributed by atoms with van der Waals surface area (Å²) in [5.74, 6) is 0. The fourth-order valence-corrected chi connectivity index (χ4v) is 4.81. The van der Waals surface area contributed by atoms with E-state index in [2.05, 4.69) is 13.8 Å². The van der Waals surface area contributed by atoms with Gasteiger partial charge in [0, 0.05) is 24.9 Å². The van der Waals surface area contributed by atoms with E-state index in [1.54, 1.807) is 0 Å². The second-order valence-corrected chi connectivity index (χ2v) is 7.61. The Morgan fingerprint density at radius 1 is 0.938 bits per heavy atom. The molecule has 0 aromatic rings. The van der Waals surface area contributed by atoms with Crippen LogP contribution in [0.4, 0.5) is 0 Å². The molecule has 0 fully saturated rings. The fourth-order valence-electron chi connectivity index (χ4n) is 1.80. The maximum Gasteiger partial charge on any atom is 0.506 e. The number of rotatable bonds is 9. The lowest BCUT2D eigenvalue weighted by Crippen LogP contribution is -2.55. The monoisotopic (exact) mass is 249 g/mol. The van der Waals surface area contributed by atoms with E-state index >= 15 is 0 Å². The Morgan fingerprint density at radius 3 is 1.56 bits per heavy atom. The zero-order chi connectivity index (χ0) is 12.7. The quantitative estimate of drug-likeness (QED) is 0.636. The van der Waals surface area contributed by atoms with Crippen LogP contribution in [-0.2, 0) is 13.3 Å². The van der Waals surface area contributed by atoms with Crippen LogP contribution in [0, 0.1) is 0 Å². The highest BCUT2D eigenvalue weighted by Crippen LogP contribution is 2.42. The molecule has 0 spiro atoms. The Hall–Kier alpha value is 0.0569. The van der Waals surface area contributed by atoms with Gasteiger partial charge in [-0.05, 0) is 33.7 Å². The molecule has 98 valence electrons. The van der Waals surface area contributed by atoms with Crippen LogP contribution in [0.1, 0.15) is 41.0 Å². The highest BCUT2D eigenvalue weighted by atomic mass is 28.4. The van der Waals surface area contributed by atoms with Gasteiger partial charge in [-0.15, -0.1) is 0 Å². The average Bonchev–Trinajstić information content (AvgIpc) is 2.18. The Labute approximate surface area is 101 Å². The van der Waals surface area contributed by atoms with Crippen LogP contribution in [0.15, 0.2) is 0 Å². The lowest BCUT2D eigenvalue weighted by atomic mass is 10.1. The SMILES string of the molecule is CCO[Si](OCC)(OCC)C(C)(C)CCN. The second kappa shape index (κ2) is 7.40. The molecule has 0 aliphatic carbocycles. The highest BCUT2D eigenvalue weighted by molar-refractivity contribution is 6.64. The molecule has 0 amide bonds. The van der Waals surface area contributed by atoms with Gasteiger partial charge >= 0.3 is 8.80 Å². The average molecular weight is 249 g/mol. The maximum absolute atomic E-state index is 5.87. The molecule has 0 aliphatic heterocycles. The molecule has 4 nitrogen and oxygen atoms in total. The van der Waals surface area contributed by atoms with Crippen LogP contribution >= 0.6 is 0 Å². The Bertz CT molecular complexity index is 171. The molecule has 0 aromatic heterocycles. The predicted molar refractivity (Wildman–Crippen MR) is 68.3 cm³/mol. The van der Waals surface area contributed by atoms with E-state index in [0.717, 1.165) is 6.42 Å². The molecule has 0 aromatic carbocycles. The minimum Gasteiger partial charge on any atom is -0.373 e.